The molecule has 6 heteroatoms. The van der Waals surface area contributed by atoms with Crippen molar-refractivity contribution in [2.75, 3.05) is 31.1 Å². The molecule has 2 aromatic rings. The minimum atomic E-state index is -0.0518. The van der Waals surface area contributed by atoms with Crippen molar-refractivity contribution in [3.8, 4) is 0 Å². The van der Waals surface area contributed by atoms with Crippen LogP contribution in [0.4, 0.5) is 5.82 Å². The zero-order valence-electron chi connectivity index (χ0n) is 16.9. The van der Waals surface area contributed by atoms with Crippen LogP contribution < -0.4 is 15.5 Å². The zero-order chi connectivity index (χ0) is 19.6. The maximum Gasteiger partial charge on any atom is 0.270 e. The second-order valence-corrected chi connectivity index (χ2v) is 8.59. The fourth-order valence-corrected chi connectivity index (χ4v) is 4.92. The summed E-state index contributed by atoms with van der Waals surface area (Å²) < 4.78 is 0. The lowest BCUT2D eigenvalue weighted by molar-refractivity contribution is 0.0940. The molecule has 4 heterocycles. The normalized spacial score (nSPS) is 23.9. The molecular formula is C23H29N5O. The maximum atomic E-state index is 12.6. The van der Waals surface area contributed by atoms with Crippen LogP contribution >= 0.6 is 0 Å². The van der Waals surface area contributed by atoms with Gasteiger partial charge in [0.25, 0.3) is 5.91 Å². The largest absolute Gasteiger partial charge is 0.354 e. The second kappa shape index (κ2) is 8.11. The first-order valence-electron chi connectivity index (χ1n) is 11.0. The Bertz CT molecular complexity index is 870. The minimum Gasteiger partial charge on any atom is -0.354 e. The van der Waals surface area contributed by atoms with E-state index in [9.17, 15) is 4.79 Å². The van der Waals surface area contributed by atoms with Gasteiger partial charge in [0.15, 0.2) is 0 Å². The van der Waals surface area contributed by atoms with E-state index < -0.39 is 0 Å². The molecule has 0 radical (unpaired) electrons. The van der Waals surface area contributed by atoms with Crippen molar-refractivity contribution in [2.45, 2.75) is 44.6 Å². The third kappa shape index (κ3) is 3.99. The van der Waals surface area contributed by atoms with Gasteiger partial charge in [-0.25, -0.2) is 9.97 Å². The molecule has 6 nitrogen and oxygen atoms in total. The van der Waals surface area contributed by atoms with Gasteiger partial charge in [-0.3, -0.25) is 4.79 Å². The van der Waals surface area contributed by atoms with Gasteiger partial charge < -0.3 is 15.5 Å². The lowest BCUT2D eigenvalue weighted by Crippen LogP contribution is -2.41. The Morgan fingerprint density at radius 2 is 1.97 bits per heavy atom. The van der Waals surface area contributed by atoms with E-state index in [1.54, 1.807) is 0 Å². The summed E-state index contributed by atoms with van der Waals surface area (Å²) in [5.74, 6) is 2.39. The lowest BCUT2D eigenvalue weighted by atomic mass is 9.98. The Morgan fingerprint density at radius 3 is 2.86 bits per heavy atom. The summed E-state index contributed by atoms with van der Waals surface area (Å²) in [5.41, 5.74) is 2.90. The van der Waals surface area contributed by atoms with Gasteiger partial charge in [0, 0.05) is 37.7 Å². The van der Waals surface area contributed by atoms with Gasteiger partial charge in [0.2, 0.25) is 0 Å². The van der Waals surface area contributed by atoms with Gasteiger partial charge in [0.1, 0.15) is 17.3 Å². The minimum absolute atomic E-state index is 0.0518. The molecular weight excluding hydrogens is 362 g/mol. The van der Waals surface area contributed by atoms with Crippen LogP contribution in [0.15, 0.2) is 30.3 Å². The fourth-order valence-electron chi connectivity index (χ4n) is 4.92. The number of aryl methyl sites for hydroxylation is 2. The van der Waals surface area contributed by atoms with E-state index in [4.69, 9.17) is 9.97 Å². The number of aromatic nitrogens is 2. The number of carbonyl (C=O) groups excluding carboxylic acids is 1. The van der Waals surface area contributed by atoms with E-state index >= 15 is 0 Å². The molecule has 29 heavy (non-hydrogen) atoms. The second-order valence-electron chi connectivity index (χ2n) is 8.59. The van der Waals surface area contributed by atoms with Crippen LogP contribution in [-0.4, -0.2) is 48.1 Å². The number of carbonyl (C=O) groups is 1. The monoisotopic (exact) mass is 391 g/mol. The van der Waals surface area contributed by atoms with Crippen molar-refractivity contribution < 1.29 is 4.79 Å². The van der Waals surface area contributed by atoms with E-state index in [1.165, 1.54) is 24.8 Å². The Labute approximate surface area is 172 Å². The Balaban J connectivity index is 1.48. The quantitative estimate of drug-likeness (QED) is 0.836. The van der Waals surface area contributed by atoms with Crippen LogP contribution in [0, 0.1) is 5.92 Å². The van der Waals surface area contributed by atoms with Gasteiger partial charge in [0.05, 0.1) is 0 Å². The number of nitrogens with one attached hydrogen (secondary N) is 2. The van der Waals surface area contributed by atoms with E-state index in [0.29, 0.717) is 24.2 Å². The maximum absolute atomic E-state index is 12.6. The SMILES string of the molecule is O=C1NCCc2c1nc(CCc1ccccc1)nc2N1C[C@H]2CCC[C@@H](C1)NC2. The van der Waals surface area contributed by atoms with Gasteiger partial charge in [-0.15, -0.1) is 0 Å². The molecule has 3 aliphatic rings. The number of amides is 1. The molecule has 2 saturated heterocycles. The number of benzene rings is 1. The molecule has 2 bridgehead atoms. The van der Waals surface area contributed by atoms with Crippen molar-refractivity contribution in [3.05, 3.63) is 53.0 Å². The highest BCUT2D eigenvalue weighted by Crippen LogP contribution is 2.29. The summed E-state index contributed by atoms with van der Waals surface area (Å²) in [4.78, 5) is 24.8. The van der Waals surface area contributed by atoms with Gasteiger partial charge in [-0.2, -0.15) is 0 Å². The number of hydrogen-bond donors (Lipinski definition) is 2. The van der Waals surface area contributed by atoms with E-state index in [0.717, 1.165) is 56.1 Å². The molecule has 2 atom stereocenters. The number of hydrogen-bond acceptors (Lipinski definition) is 5. The van der Waals surface area contributed by atoms with Crippen molar-refractivity contribution in [1.82, 2.24) is 20.6 Å². The van der Waals surface area contributed by atoms with Crippen LogP contribution in [0.1, 0.15) is 46.7 Å². The molecule has 1 amide bonds. The van der Waals surface area contributed by atoms with Crippen molar-refractivity contribution in [1.29, 1.82) is 0 Å². The molecule has 1 aromatic heterocycles. The summed E-state index contributed by atoms with van der Waals surface area (Å²) >= 11 is 0. The molecule has 5 rings (SSSR count). The van der Waals surface area contributed by atoms with Gasteiger partial charge in [-0.1, -0.05) is 36.8 Å². The Morgan fingerprint density at radius 1 is 1.07 bits per heavy atom. The van der Waals surface area contributed by atoms with Gasteiger partial charge >= 0.3 is 0 Å². The first-order valence-corrected chi connectivity index (χ1v) is 11.0. The van der Waals surface area contributed by atoms with Crippen LogP contribution in [0.3, 0.4) is 0 Å². The molecule has 2 N–H and O–H groups in total. The summed E-state index contributed by atoms with van der Waals surface area (Å²) in [6.07, 6.45) is 6.25. The summed E-state index contributed by atoms with van der Waals surface area (Å²) in [6, 6.07) is 10.9. The smallest absolute Gasteiger partial charge is 0.270 e. The molecule has 0 spiro atoms. The number of fused-ring (bicyclic) bond motifs is 4. The highest BCUT2D eigenvalue weighted by molar-refractivity contribution is 5.96. The molecule has 2 fully saturated rings. The van der Waals surface area contributed by atoms with Crippen LogP contribution in [0.25, 0.3) is 0 Å². The average Bonchev–Trinajstić information content (AvgIpc) is 3.08. The fraction of sp³-hybridized carbons (Fsp3) is 0.522. The molecule has 0 unspecified atom stereocenters. The first kappa shape index (κ1) is 18.6. The third-order valence-corrected chi connectivity index (χ3v) is 6.47. The predicted octanol–water partition coefficient (Wildman–Crippen LogP) is 2.13. The molecule has 1 aromatic carbocycles. The third-order valence-electron chi connectivity index (χ3n) is 6.47. The van der Waals surface area contributed by atoms with Gasteiger partial charge in [-0.05, 0) is 43.7 Å². The molecule has 0 saturated carbocycles. The topological polar surface area (TPSA) is 70.2 Å². The van der Waals surface area contributed by atoms with E-state index in [1.807, 2.05) is 6.07 Å². The van der Waals surface area contributed by atoms with Crippen molar-refractivity contribution in [2.24, 2.45) is 5.92 Å². The number of anilines is 1. The van der Waals surface area contributed by atoms with Crippen LogP contribution in [0.2, 0.25) is 0 Å². The lowest BCUT2D eigenvalue weighted by Gasteiger charge is -2.32. The Kier molecular flexibility index (Phi) is 5.19. The zero-order valence-corrected chi connectivity index (χ0v) is 16.9. The van der Waals surface area contributed by atoms with E-state index in [2.05, 4.69) is 39.8 Å². The predicted molar refractivity (Wildman–Crippen MR) is 113 cm³/mol. The number of rotatable bonds is 4. The highest BCUT2D eigenvalue weighted by Gasteiger charge is 2.31. The van der Waals surface area contributed by atoms with Crippen LogP contribution in [-0.2, 0) is 19.3 Å². The highest BCUT2D eigenvalue weighted by atomic mass is 16.1. The molecule has 3 aliphatic heterocycles. The van der Waals surface area contributed by atoms with Crippen molar-refractivity contribution >= 4 is 11.7 Å². The summed E-state index contributed by atoms with van der Waals surface area (Å²) in [5, 5.41) is 6.69. The molecule has 152 valence electrons. The van der Waals surface area contributed by atoms with Crippen molar-refractivity contribution in [3.63, 3.8) is 0 Å². The number of nitrogens with zero attached hydrogens (tertiary/aromatic N) is 3. The average molecular weight is 392 g/mol. The van der Waals surface area contributed by atoms with E-state index in [-0.39, 0.29) is 5.91 Å². The Hall–Kier alpha value is -2.47. The first-order chi connectivity index (χ1) is 14.3. The summed E-state index contributed by atoms with van der Waals surface area (Å²) in [6.45, 7) is 3.76. The standard InChI is InChI=1S/C23H29N5O/c29-23-21-19(11-12-24-23)22(28-14-17-7-4-8-18(15-28)25-13-17)27-20(26-21)10-9-16-5-2-1-3-6-16/h1-3,5-6,17-18,25H,4,7-15H2,(H,24,29)/t17-,18-/m0/s1. The van der Waals surface area contributed by atoms with Crippen LogP contribution in [0.5, 0.6) is 0 Å². The molecule has 0 aliphatic carbocycles. The summed E-state index contributed by atoms with van der Waals surface area (Å²) in [7, 11) is 0.